The van der Waals surface area contributed by atoms with E-state index in [1.807, 2.05) is 49.1 Å². The minimum absolute atomic E-state index is 0.0810. The van der Waals surface area contributed by atoms with Gasteiger partial charge in [-0.25, -0.2) is 5.06 Å². The largest absolute Gasteiger partial charge is 0.481 e. The maximum atomic E-state index is 13.5. The number of pyridine rings is 1. The Bertz CT molecular complexity index is 1020. The Kier molecular flexibility index (Phi) is 5.62. The van der Waals surface area contributed by atoms with E-state index in [1.165, 1.54) is 4.80 Å². The van der Waals surface area contributed by atoms with Gasteiger partial charge in [0.25, 0.3) is 5.91 Å². The number of aryl methyl sites for hydroxylation is 1. The summed E-state index contributed by atoms with van der Waals surface area (Å²) < 4.78 is 5.20. The third-order valence-corrected chi connectivity index (χ3v) is 5.00. The normalized spacial score (nSPS) is 17.0. The van der Waals surface area contributed by atoms with Gasteiger partial charge in [0.15, 0.2) is 5.82 Å². The lowest BCUT2D eigenvalue weighted by molar-refractivity contribution is 0.0599. The molecule has 30 heavy (non-hydrogen) atoms. The summed E-state index contributed by atoms with van der Waals surface area (Å²) in [6.45, 7) is 5.26. The first-order valence-corrected chi connectivity index (χ1v) is 9.76. The van der Waals surface area contributed by atoms with E-state index < -0.39 is 0 Å². The van der Waals surface area contributed by atoms with Crippen LogP contribution in [0.5, 0.6) is 5.88 Å². The number of methoxy groups -OCH3 is 1. The van der Waals surface area contributed by atoms with Crippen LogP contribution < -0.4 is 9.80 Å². The summed E-state index contributed by atoms with van der Waals surface area (Å²) in [5, 5.41) is 10.1. The van der Waals surface area contributed by atoms with Crippen LogP contribution in [0.2, 0.25) is 0 Å². The van der Waals surface area contributed by atoms with E-state index in [9.17, 15) is 4.79 Å². The van der Waals surface area contributed by atoms with Crippen molar-refractivity contribution in [3.8, 4) is 11.6 Å². The molecule has 4 rings (SSSR count). The number of rotatable bonds is 4. The highest BCUT2D eigenvalue weighted by Gasteiger charge is 2.29. The fourth-order valence-electron chi connectivity index (χ4n) is 3.40. The van der Waals surface area contributed by atoms with Crippen molar-refractivity contribution in [1.82, 2.24) is 24.9 Å². The van der Waals surface area contributed by atoms with Crippen LogP contribution in [0.3, 0.4) is 0 Å². The lowest BCUT2D eigenvalue weighted by Crippen LogP contribution is -2.41. The molecule has 1 aromatic carbocycles. The molecule has 9 heteroatoms. The fourth-order valence-corrected chi connectivity index (χ4v) is 3.40. The van der Waals surface area contributed by atoms with Gasteiger partial charge in [-0.3, -0.25) is 9.63 Å². The van der Waals surface area contributed by atoms with Crippen molar-refractivity contribution in [2.75, 3.05) is 31.9 Å². The molecular formula is C21H24N6O3. The van der Waals surface area contributed by atoms with Crippen molar-refractivity contribution in [2.45, 2.75) is 19.9 Å². The fraction of sp³-hybridized carbons (Fsp3) is 0.333. The van der Waals surface area contributed by atoms with Gasteiger partial charge < -0.3 is 9.64 Å². The van der Waals surface area contributed by atoms with E-state index in [-0.39, 0.29) is 11.9 Å². The molecule has 9 nitrogen and oxygen atoms in total. The van der Waals surface area contributed by atoms with Gasteiger partial charge in [0.1, 0.15) is 0 Å². The highest BCUT2D eigenvalue weighted by Crippen LogP contribution is 2.22. The second kappa shape index (κ2) is 8.50. The minimum Gasteiger partial charge on any atom is -0.481 e. The van der Waals surface area contributed by atoms with Crippen LogP contribution in [0.25, 0.3) is 5.69 Å². The molecule has 0 aliphatic carbocycles. The Balaban J connectivity index is 1.59. The molecule has 0 spiro atoms. The summed E-state index contributed by atoms with van der Waals surface area (Å²) in [5.74, 6) is 1.08. The molecule has 2 aromatic heterocycles. The van der Waals surface area contributed by atoms with Crippen LogP contribution in [0, 0.1) is 6.92 Å². The number of ether oxygens (including phenoxy) is 1. The summed E-state index contributed by atoms with van der Waals surface area (Å²) >= 11 is 0. The number of amides is 1. The van der Waals surface area contributed by atoms with Crippen LogP contribution in [0.1, 0.15) is 22.8 Å². The van der Waals surface area contributed by atoms with E-state index in [4.69, 9.17) is 9.57 Å². The molecule has 0 bridgehead atoms. The summed E-state index contributed by atoms with van der Waals surface area (Å²) in [6, 6.07) is 11.1. The van der Waals surface area contributed by atoms with E-state index in [1.54, 1.807) is 30.6 Å². The average molecular weight is 408 g/mol. The molecule has 3 aromatic rings. The van der Waals surface area contributed by atoms with Gasteiger partial charge in [-0.15, -0.1) is 0 Å². The molecule has 1 fully saturated rings. The molecule has 1 atom stereocenters. The number of hydrogen-bond donors (Lipinski definition) is 0. The van der Waals surface area contributed by atoms with E-state index in [0.29, 0.717) is 42.6 Å². The SMILES string of the molecule is COc1cccc(N2CCN(C(=O)c3cc(C)ccc3-n3nccn3)[C@H](C)CO2)n1. The van der Waals surface area contributed by atoms with Gasteiger partial charge >= 0.3 is 0 Å². The second-order valence-corrected chi connectivity index (χ2v) is 7.12. The first-order valence-electron chi connectivity index (χ1n) is 9.76. The van der Waals surface area contributed by atoms with Crippen molar-refractivity contribution in [2.24, 2.45) is 0 Å². The molecule has 1 aliphatic heterocycles. The van der Waals surface area contributed by atoms with Gasteiger partial charge in [-0.1, -0.05) is 17.7 Å². The summed E-state index contributed by atoms with van der Waals surface area (Å²) in [4.78, 5) is 27.2. The number of nitrogens with zero attached hydrogens (tertiary/aromatic N) is 6. The molecule has 1 amide bonds. The lowest BCUT2D eigenvalue weighted by atomic mass is 10.1. The van der Waals surface area contributed by atoms with Crippen LogP contribution in [-0.2, 0) is 4.84 Å². The Labute approximate surface area is 174 Å². The average Bonchev–Trinajstić information content (AvgIpc) is 3.23. The molecule has 1 aliphatic rings. The van der Waals surface area contributed by atoms with Gasteiger partial charge in [-0.2, -0.15) is 20.0 Å². The highest BCUT2D eigenvalue weighted by atomic mass is 16.7. The zero-order valence-corrected chi connectivity index (χ0v) is 17.2. The van der Waals surface area contributed by atoms with Crippen LogP contribution in [0.15, 0.2) is 48.8 Å². The van der Waals surface area contributed by atoms with Gasteiger partial charge in [0, 0.05) is 12.6 Å². The molecule has 3 heterocycles. The number of anilines is 1. The predicted molar refractivity (Wildman–Crippen MR) is 111 cm³/mol. The van der Waals surface area contributed by atoms with E-state index in [0.717, 1.165) is 5.56 Å². The molecule has 1 saturated heterocycles. The third kappa shape index (κ3) is 3.97. The number of benzene rings is 1. The Morgan fingerprint density at radius 1 is 1.17 bits per heavy atom. The Morgan fingerprint density at radius 2 is 1.97 bits per heavy atom. The van der Waals surface area contributed by atoms with E-state index >= 15 is 0 Å². The van der Waals surface area contributed by atoms with Crippen molar-refractivity contribution >= 4 is 11.7 Å². The predicted octanol–water partition coefficient (Wildman–Crippen LogP) is 2.26. The van der Waals surface area contributed by atoms with Crippen molar-refractivity contribution in [3.05, 3.63) is 59.9 Å². The number of carbonyl (C=O) groups excluding carboxylic acids is 1. The van der Waals surface area contributed by atoms with Crippen LogP contribution in [-0.4, -0.2) is 63.6 Å². The zero-order valence-electron chi connectivity index (χ0n) is 17.2. The second-order valence-electron chi connectivity index (χ2n) is 7.12. The summed E-state index contributed by atoms with van der Waals surface area (Å²) in [6.07, 6.45) is 3.19. The third-order valence-electron chi connectivity index (χ3n) is 5.00. The molecule has 0 unspecified atom stereocenters. The first-order chi connectivity index (χ1) is 14.6. The van der Waals surface area contributed by atoms with Gasteiger partial charge in [-0.05, 0) is 32.0 Å². The molecule has 156 valence electrons. The van der Waals surface area contributed by atoms with Crippen LogP contribution >= 0.6 is 0 Å². The maximum Gasteiger partial charge on any atom is 0.256 e. The van der Waals surface area contributed by atoms with Crippen molar-refractivity contribution in [1.29, 1.82) is 0 Å². The highest BCUT2D eigenvalue weighted by molar-refractivity contribution is 5.98. The molecule has 0 radical (unpaired) electrons. The topological polar surface area (TPSA) is 85.6 Å². The smallest absolute Gasteiger partial charge is 0.256 e. The maximum absolute atomic E-state index is 13.5. The first kappa shape index (κ1) is 19.8. The lowest BCUT2D eigenvalue weighted by Gasteiger charge is -2.26. The standard InChI is InChI=1S/C21H24N6O3/c1-15-7-8-18(27-22-9-10-23-27)17(13-15)21(28)25-11-12-26(30-14-16(25)2)19-5-4-6-20(24-19)29-3/h4-10,13,16H,11-12,14H2,1-3H3/t16-/m1/s1. The number of aromatic nitrogens is 4. The molecule has 0 N–H and O–H groups in total. The van der Waals surface area contributed by atoms with Crippen molar-refractivity contribution in [3.63, 3.8) is 0 Å². The summed E-state index contributed by atoms with van der Waals surface area (Å²) in [5.41, 5.74) is 2.21. The van der Waals surface area contributed by atoms with Crippen molar-refractivity contribution < 1.29 is 14.4 Å². The Morgan fingerprint density at radius 3 is 2.73 bits per heavy atom. The quantitative estimate of drug-likeness (QED) is 0.655. The number of hydrogen-bond acceptors (Lipinski definition) is 7. The number of carbonyl (C=O) groups is 1. The molecular weight excluding hydrogens is 384 g/mol. The molecule has 0 saturated carbocycles. The Hall–Kier alpha value is -3.46. The van der Waals surface area contributed by atoms with Gasteiger partial charge in [0.2, 0.25) is 5.88 Å². The zero-order chi connectivity index (χ0) is 21.1. The van der Waals surface area contributed by atoms with Gasteiger partial charge in [0.05, 0.1) is 49.9 Å². The minimum atomic E-state index is -0.118. The van der Waals surface area contributed by atoms with Crippen LogP contribution in [0.4, 0.5) is 5.82 Å². The number of hydroxylamine groups is 1. The summed E-state index contributed by atoms with van der Waals surface area (Å²) in [7, 11) is 1.58. The monoisotopic (exact) mass is 408 g/mol. The van der Waals surface area contributed by atoms with E-state index in [2.05, 4.69) is 15.2 Å².